The highest BCUT2D eigenvalue weighted by atomic mass is 32.2. The quantitative estimate of drug-likeness (QED) is 0.794. The Balaban J connectivity index is 1.88. The second-order valence-electron chi connectivity index (χ2n) is 6.15. The van der Waals surface area contributed by atoms with Gasteiger partial charge in [0, 0.05) is 6.54 Å². The number of aliphatic hydroxyl groups excluding tert-OH is 1. The number of likely N-dealkylation sites (N-methyl/N-ethyl adjacent to an activating group) is 1. The number of hydrogen-bond donors (Lipinski definition) is 1. The van der Waals surface area contributed by atoms with E-state index in [0.717, 1.165) is 0 Å². The summed E-state index contributed by atoms with van der Waals surface area (Å²) >= 11 is 0. The number of hydrogen-bond acceptors (Lipinski definition) is 6. The molecule has 1 heterocycles. The zero-order valence-corrected chi connectivity index (χ0v) is 14.6. The van der Waals surface area contributed by atoms with Crippen molar-refractivity contribution in [3.63, 3.8) is 0 Å². The lowest BCUT2D eigenvalue weighted by Crippen LogP contribution is -2.42. The van der Waals surface area contributed by atoms with Crippen molar-refractivity contribution in [1.29, 1.82) is 0 Å². The summed E-state index contributed by atoms with van der Waals surface area (Å²) in [5, 5.41) is 9.87. The molecule has 0 amide bonds. The van der Waals surface area contributed by atoms with Crippen LogP contribution in [0.5, 0.6) is 11.5 Å². The topological polar surface area (TPSA) is 76.1 Å². The van der Waals surface area contributed by atoms with Gasteiger partial charge in [-0.1, -0.05) is 12.1 Å². The predicted molar refractivity (Wildman–Crippen MR) is 88.8 cm³/mol. The first-order valence-corrected chi connectivity index (χ1v) is 9.58. The molecule has 1 aromatic rings. The number of rotatable bonds is 7. The maximum Gasteiger partial charge on any atom is 0.161 e. The second-order valence-corrected chi connectivity index (χ2v) is 8.31. The van der Waals surface area contributed by atoms with Gasteiger partial charge in [0.2, 0.25) is 0 Å². The normalized spacial score (nSPS) is 23.4. The number of nitrogens with zero attached hydrogens (tertiary/aromatic N) is 1. The zero-order valence-electron chi connectivity index (χ0n) is 13.8. The molecular weight excluding hydrogens is 318 g/mol. The smallest absolute Gasteiger partial charge is 0.161 e. The lowest BCUT2D eigenvalue weighted by atomic mass is 10.2. The van der Waals surface area contributed by atoms with Crippen molar-refractivity contribution in [1.82, 2.24) is 4.90 Å². The van der Waals surface area contributed by atoms with Crippen LogP contribution in [0.15, 0.2) is 24.3 Å². The number of para-hydroxylation sites is 2. The molecule has 0 radical (unpaired) electrons. The Kier molecular flexibility index (Phi) is 5.89. The molecule has 1 fully saturated rings. The minimum Gasteiger partial charge on any atom is -0.488 e. The van der Waals surface area contributed by atoms with E-state index in [1.807, 2.05) is 43.0 Å². The van der Waals surface area contributed by atoms with E-state index in [2.05, 4.69) is 0 Å². The van der Waals surface area contributed by atoms with E-state index in [0.29, 0.717) is 24.7 Å². The van der Waals surface area contributed by atoms with Gasteiger partial charge in [0.25, 0.3) is 0 Å². The van der Waals surface area contributed by atoms with Gasteiger partial charge >= 0.3 is 0 Å². The highest BCUT2D eigenvalue weighted by Crippen LogP contribution is 2.27. The molecule has 0 bridgehead atoms. The largest absolute Gasteiger partial charge is 0.488 e. The molecule has 0 unspecified atom stereocenters. The Morgan fingerprint density at radius 1 is 1.26 bits per heavy atom. The molecule has 0 aliphatic carbocycles. The van der Waals surface area contributed by atoms with Gasteiger partial charge < -0.3 is 14.6 Å². The minimum atomic E-state index is -3.14. The molecule has 1 aliphatic heterocycles. The second kappa shape index (κ2) is 7.51. The van der Waals surface area contributed by atoms with Crippen LogP contribution in [0.1, 0.15) is 13.8 Å². The SMILES string of the molecule is CC(C)Oc1ccccc1OCCN(C)[C@@H]1CS(=O)(=O)C[C@H]1O. The average molecular weight is 343 g/mol. The summed E-state index contributed by atoms with van der Waals surface area (Å²) in [4.78, 5) is 1.83. The molecule has 23 heavy (non-hydrogen) atoms. The summed E-state index contributed by atoms with van der Waals surface area (Å²) in [5.41, 5.74) is 0. The van der Waals surface area contributed by atoms with Crippen molar-refractivity contribution in [3.05, 3.63) is 24.3 Å². The molecule has 1 aromatic carbocycles. The molecule has 2 atom stereocenters. The molecule has 2 rings (SSSR count). The number of aliphatic hydroxyl groups is 1. The van der Waals surface area contributed by atoms with Crippen LogP contribution < -0.4 is 9.47 Å². The molecular formula is C16H25NO5S. The van der Waals surface area contributed by atoms with E-state index >= 15 is 0 Å². The monoisotopic (exact) mass is 343 g/mol. The summed E-state index contributed by atoms with van der Waals surface area (Å²) in [6, 6.07) is 7.08. The van der Waals surface area contributed by atoms with Gasteiger partial charge in [-0.05, 0) is 33.0 Å². The van der Waals surface area contributed by atoms with Gasteiger partial charge in [-0.25, -0.2) is 8.42 Å². The van der Waals surface area contributed by atoms with Gasteiger partial charge in [0.1, 0.15) is 6.61 Å². The van der Waals surface area contributed by atoms with E-state index in [9.17, 15) is 13.5 Å². The first-order chi connectivity index (χ1) is 10.8. The minimum absolute atomic E-state index is 0.00227. The number of sulfone groups is 1. The zero-order chi connectivity index (χ0) is 17.0. The molecule has 0 saturated carbocycles. The van der Waals surface area contributed by atoms with Crippen molar-refractivity contribution in [2.45, 2.75) is 32.1 Å². The van der Waals surface area contributed by atoms with E-state index in [-0.39, 0.29) is 23.7 Å². The summed E-state index contributed by atoms with van der Waals surface area (Å²) in [7, 11) is -1.34. The third kappa shape index (κ3) is 5.09. The van der Waals surface area contributed by atoms with E-state index in [4.69, 9.17) is 9.47 Å². The Labute approximate surface area is 137 Å². The fraction of sp³-hybridized carbons (Fsp3) is 0.625. The van der Waals surface area contributed by atoms with Gasteiger partial charge in [0.05, 0.1) is 29.8 Å². The fourth-order valence-corrected chi connectivity index (χ4v) is 4.49. The lowest BCUT2D eigenvalue weighted by Gasteiger charge is -2.25. The summed E-state index contributed by atoms with van der Waals surface area (Å²) in [5.74, 6) is 1.19. The van der Waals surface area contributed by atoms with Crippen molar-refractivity contribution >= 4 is 9.84 Å². The van der Waals surface area contributed by atoms with E-state index in [1.54, 1.807) is 7.05 Å². The first-order valence-electron chi connectivity index (χ1n) is 7.76. The fourth-order valence-electron chi connectivity index (χ4n) is 2.62. The maximum atomic E-state index is 11.6. The molecule has 1 N–H and O–H groups in total. The number of ether oxygens (including phenoxy) is 2. The van der Waals surface area contributed by atoms with E-state index in [1.165, 1.54) is 0 Å². The Bertz CT molecular complexity index is 617. The van der Waals surface area contributed by atoms with Gasteiger partial charge in [-0.15, -0.1) is 0 Å². The van der Waals surface area contributed by atoms with Crippen molar-refractivity contribution < 1.29 is 23.0 Å². The first kappa shape index (κ1) is 18.0. The highest BCUT2D eigenvalue weighted by molar-refractivity contribution is 7.91. The molecule has 1 saturated heterocycles. The maximum absolute atomic E-state index is 11.6. The Morgan fingerprint density at radius 2 is 1.91 bits per heavy atom. The Morgan fingerprint density at radius 3 is 2.48 bits per heavy atom. The van der Waals surface area contributed by atoms with Gasteiger partial charge in [-0.3, -0.25) is 4.90 Å². The van der Waals surface area contributed by atoms with Crippen LogP contribution >= 0.6 is 0 Å². The van der Waals surface area contributed by atoms with Gasteiger partial charge in [0.15, 0.2) is 21.3 Å². The third-order valence-corrected chi connectivity index (χ3v) is 5.47. The van der Waals surface area contributed by atoms with Crippen LogP contribution in [-0.2, 0) is 9.84 Å². The Hall–Kier alpha value is -1.31. The average Bonchev–Trinajstić information content (AvgIpc) is 2.73. The summed E-state index contributed by atoms with van der Waals surface area (Å²) < 4.78 is 34.6. The van der Waals surface area contributed by atoms with Crippen LogP contribution in [0.2, 0.25) is 0 Å². The van der Waals surface area contributed by atoms with Crippen LogP contribution in [0.3, 0.4) is 0 Å². The van der Waals surface area contributed by atoms with Crippen LogP contribution in [0.25, 0.3) is 0 Å². The van der Waals surface area contributed by atoms with Crippen LogP contribution in [-0.4, -0.2) is 68.4 Å². The highest BCUT2D eigenvalue weighted by Gasteiger charge is 2.38. The molecule has 1 aliphatic rings. The van der Waals surface area contributed by atoms with E-state index < -0.39 is 15.9 Å². The van der Waals surface area contributed by atoms with Crippen LogP contribution in [0, 0.1) is 0 Å². The predicted octanol–water partition coefficient (Wildman–Crippen LogP) is 0.942. The molecule has 7 heteroatoms. The number of benzene rings is 1. The third-order valence-electron chi connectivity index (χ3n) is 3.77. The molecule has 130 valence electrons. The summed E-state index contributed by atoms with van der Waals surface area (Å²) in [6.45, 7) is 4.81. The molecule has 6 nitrogen and oxygen atoms in total. The molecule has 0 spiro atoms. The van der Waals surface area contributed by atoms with Crippen molar-refractivity contribution in [3.8, 4) is 11.5 Å². The van der Waals surface area contributed by atoms with Gasteiger partial charge in [-0.2, -0.15) is 0 Å². The van der Waals surface area contributed by atoms with Crippen molar-refractivity contribution in [2.75, 3.05) is 31.7 Å². The standard InChI is InChI=1S/C16H25NO5S/c1-12(2)22-16-7-5-4-6-15(16)21-9-8-17(3)13-10-23(19,20)11-14(13)18/h4-7,12-14,18H,8-11H2,1-3H3/t13-,14-/m1/s1. The lowest BCUT2D eigenvalue weighted by molar-refractivity contribution is 0.0896. The van der Waals surface area contributed by atoms with Crippen molar-refractivity contribution in [2.24, 2.45) is 0 Å². The summed E-state index contributed by atoms with van der Waals surface area (Å²) in [6.07, 6.45) is -0.775. The molecule has 0 aromatic heterocycles. The van der Waals surface area contributed by atoms with Crippen LogP contribution in [0.4, 0.5) is 0 Å².